The van der Waals surface area contributed by atoms with E-state index in [4.69, 9.17) is 0 Å². The summed E-state index contributed by atoms with van der Waals surface area (Å²) < 4.78 is 0. The van der Waals surface area contributed by atoms with E-state index in [2.05, 4.69) is 172 Å². The van der Waals surface area contributed by atoms with Crippen LogP contribution in [0.1, 0.15) is 174 Å². The zero-order valence-corrected chi connectivity index (χ0v) is 50.6. The molecule has 0 atom stereocenters. The lowest BCUT2D eigenvalue weighted by molar-refractivity contribution is 0.668. The van der Waals surface area contributed by atoms with Crippen LogP contribution in [0.15, 0.2) is 121 Å². The molecule has 0 saturated carbocycles. The number of hydrogen-bond acceptors (Lipinski definition) is 8. The highest BCUT2D eigenvalue weighted by Crippen LogP contribution is 2.51. The molecule has 0 N–H and O–H groups in total. The molecule has 8 aromatic rings. The normalized spacial score (nSPS) is 13.6. The second kappa shape index (κ2) is 26.7. The molecule has 8 aromatic heterocycles. The lowest BCUT2D eigenvalue weighted by Gasteiger charge is -2.02. The maximum Gasteiger partial charge on any atom is 0.0481 e. The molecule has 8 heterocycles. The van der Waals surface area contributed by atoms with Crippen molar-refractivity contribution in [3.8, 4) is 68.3 Å². The molecule has 0 amide bonds. The highest BCUT2D eigenvalue weighted by Gasteiger charge is 2.23. The average molecular weight is 1120 g/mol. The van der Waals surface area contributed by atoms with Crippen LogP contribution in [0.25, 0.3) is 68.3 Å². The van der Waals surface area contributed by atoms with Crippen molar-refractivity contribution in [2.24, 2.45) is 0 Å². The maximum atomic E-state index is 2.59. The summed E-state index contributed by atoms with van der Waals surface area (Å²) >= 11 is 16.2. The summed E-state index contributed by atoms with van der Waals surface area (Å²) in [5, 5.41) is 0. The first-order valence-corrected chi connectivity index (χ1v) is 34.7. The fourth-order valence-electron chi connectivity index (χ4n) is 10.5. The van der Waals surface area contributed by atoms with E-state index >= 15 is 0 Å². The minimum absolute atomic E-state index is 0.420. The van der Waals surface area contributed by atoms with Crippen LogP contribution in [-0.2, 0) is 25.7 Å². The summed E-state index contributed by atoms with van der Waals surface area (Å²) in [6, 6.07) is 29.6. The Bertz CT molecular complexity index is 2920. The Morgan fingerprint density at radius 1 is 0.270 bits per heavy atom. The minimum Gasteiger partial charge on any atom is -0.138 e. The molecule has 0 unspecified atom stereocenters. The van der Waals surface area contributed by atoms with E-state index in [-0.39, 0.29) is 0 Å². The Morgan fingerprint density at radius 3 is 0.838 bits per heavy atom. The highest BCUT2D eigenvalue weighted by atomic mass is 32.1. The van der Waals surface area contributed by atoms with Crippen LogP contribution in [0.4, 0.5) is 0 Å². The van der Waals surface area contributed by atoms with Gasteiger partial charge in [-0.3, -0.25) is 0 Å². The van der Waals surface area contributed by atoms with Gasteiger partial charge in [0.2, 0.25) is 0 Å². The molecule has 386 valence electrons. The third-order valence-electron chi connectivity index (χ3n) is 14.7. The summed E-state index contributed by atoms with van der Waals surface area (Å²) in [5.41, 5.74) is 6.18. The van der Waals surface area contributed by atoms with Crippen molar-refractivity contribution in [2.75, 3.05) is 0 Å². The third-order valence-corrected chi connectivity index (χ3v) is 25.2. The Morgan fingerprint density at radius 2 is 0.541 bits per heavy atom. The summed E-state index contributed by atoms with van der Waals surface area (Å²) in [6.45, 7) is 9.28. The lowest BCUT2D eigenvalue weighted by Crippen LogP contribution is -1.86. The molecular formula is C66H74S8. The molecule has 0 saturated heterocycles. The van der Waals surface area contributed by atoms with Gasteiger partial charge in [0.1, 0.15) is 0 Å². The van der Waals surface area contributed by atoms with Crippen molar-refractivity contribution >= 4 is 90.7 Å². The van der Waals surface area contributed by atoms with E-state index in [0.717, 1.165) is 12.8 Å². The zero-order valence-electron chi connectivity index (χ0n) is 44.1. The predicted molar refractivity (Wildman–Crippen MR) is 341 cm³/mol. The van der Waals surface area contributed by atoms with Gasteiger partial charge in [0.25, 0.3) is 0 Å². The van der Waals surface area contributed by atoms with E-state index in [1.165, 1.54) is 194 Å². The van der Waals surface area contributed by atoms with Gasteiger partial charge in [-0.15, -0.1) is 90.7 Å². The molecule has 0 nitrogen and oxygen atoms in total. The van der Waals surface area contributed by atoms with E-state index in [9.17, 15) is 0 Å². The van der Waals surface area contributed by atoms with Gasteiger partial charge in [0.05, 0.1) is 0 Å². The number of allylic oxidation sites excluding steroid dienone is 8. The fourth-order valence-corrected chi connectivity index (χ4v) is 20.3. The van der Waals surface area contributed by atoms with E-state index in [0.29, 0.717) is 11.8 Å². The molecular weight excluding hydrogens is 1050 g/mol. The average Bonchev–Trinajstić information content (AvgIpc) is 4.25. The molecule has 0 aromatic carbocycles. The summed E-state index contributed by atoms with van der Waals surface area (Å²) in [4.78, 5) is 23.1. The molecule has 0 bridgehead atoms. The molecule has 2 aliphatic carbocycles. The smallest absolute Gasteiger partial charge is 0.0481 e. The third kappa shape index (κ3) is 13.1. The van der Waals surface area contributed by atoms with Gasteiger partial charge in [-0.1, -0.05) is 153 Å². The van der Waals surface area contributed by atoms with Crippen molar-refractivity contribution in [3.05, 3.63) is 153 Å². The first-order valence-electron chi connectivity index (χ1n) is 28.1. The zero-order chi connectivity index (χ0) is 50.6. The van der Waals surface area contributed by atoms with Crippen LogP contribution in [-0.4, -0.2) is 0 Å². The number of aryl methyl sites for hydroxylation is 4. The highest BCUT2D eigenvalue weighted by molar-refractivity contribution is 7.31. The quantitative estimate of drug-likeness (QED) is 0.0410. The number of thiophene rings is 8. The molecule has 8 heteroatoms. The molecule has 0 spiro atoms. The Hall–Kier alpha value is -3.44. The molecule has 10 rings (SSSR count). The van der Waals surface area contributed by atoms with Gasteiger partial charge in [-0.05, 0) is 146 Å². The van der Waals surface area contributed by atoms with Crippen LogP contribution >= 0.6 is 90.7 Å². The summed E-state index contributed by atoms with van der Waals surface area (Å²) in [5.74, 6) is 0.839. The molecule has 2 aliphatic rings. The van der Waals surface area contributed by atoms with Crippen molar-refractivity contribution in [3.63, 3.8) is 0 Å². The van der Waals surface area contributed by atoms with Gasteiger partial charge in [-0.2, -0.15) is 0 Å². The first-order chi connectivity index (χ1) is 36.5. The summed E-state index contributed by atoms with van der Waals surface area (Å²) in [6.07, 6.45) is 43.5. The van der Waals surface area contributed by atoms with Crippen LogP contribution in [0.3, 0.4) is 0 Å². The van der Waals surface area contributed by atoms with Gasteiger partial charge < -0.3 is 0 Å². The topological polar surface area (TPSA) is 0 Å². The molecule has 74 heavy (non-hydrogen) atoms. The van der Waals surface area contributed by atoms with E-state index in [1.54, 1.807) is 22.3 Å². The van der Waals surface area contributed by atoms with Gasteiger partial charge in [0, 0.05) is 89.9 Å². The summed E-state index contributed by atoms with van der Waals surface area (Å²) in [7, 11) is 0. The molecule has 0 fully saturated rings. The maximum absolute atomic E-state index is 2.59. The molecule has 0 radical (unpaired) electrons. The minimum atomic E-state index is 0.420. The van der Waals surface area contributed by atoms with Crippen molar-refractivity contribution in [1.82, 2.24) is 0 Å². The van der Waals surface area contributed by atoms with Crippen molar-refractivity contribution < 1.29 is 0 Å². The molecule has 0 aliphatic heterocycles. The Labute approximate surface area is 476 Å². The van der Waals surface area contributed by atoms with Crippen LogP contribution < -0.4 is 0 Å². The standard InChI is InChI=1S/C66H74S8/c1-5-9-13-17-29-47-41-59(45-25-21-22-26-45)71-63(47)55-37-33-51(67-55)53-35-39-57(69-53)65-49(31-19-15-11-7-3)43-61(73-65)62-44-50(32-20-16-12-8-4)66(74-62)58-40-36-54(70-58)52-34-38-56(68-52)64-48(30-18-14-10-6-2)42-60(72-64)46-27-23-24-28-46/h21-28,33-46H,5-20,29-32H2,1-4H3. The van der Waals surface area contributed by atoms with Crippen LogP contribution in [0.5, 0.6) is 0 Å². The largest absolute Gasteiger partial charge is 0.138 e. The Kier molecular flexibility index (Phi) is 19.5. The van der Waals surface area contributed by atoms with Crippen molar-refractivity contribution in [1.29, 1.82) is 0 Å². The second-order valence-corrected chi connectivity index (χ2v) is 29.0. The van der Waals surface area contributed by atoms with E-state index in [1.807, 2.05) is 68.0 Å². The first kappa shape index (κ1) is 53.9. The monoisotopic (exact) mass is 1120 g/mol. The SMILES string of the molecule is CCCCCCc1cc(-c2cc(CCCCCC)c(-c3ccc(-c4ccc(-c5sc(C6C=CC=C6)cc5CCCCCC)s4)s3)s2)sc1-c1ccc(-c2ccc(-c3sc(C4C=CC=C4)cc3CCCCCC)s2)s1. The van der Waals surface area contributed by atoms with Crippen LogP contribution in [0.2, 0.25) is 0 Å². The number of hydrogen-bond donors (Lipinski definition) is 0. The van der Waals surface area contributed by atoms with E-state index < -0.39 is 0 Å². The predicted octanol–water partition coefficient (Wildman–Crippen LogP) is 24.8. The van der Waals surface area contributed by atoms with Gasteiger partial charge in [-0.25, -0.2) is 0 Å². The number of rotatable bonds is 29. The fraction of sp³-hybridized carbons (Fsp3) is 0.394. The second-order valence-electron chi connectivity index (χ2n) is 20.4. The number of unbranched alkanes of at least 4 members (excludes halogenated alkanes) is 12. The van der Waals surface area contributed by atoms with Crippen LogP contribution in [0, 0.1) is 0 Å². The lowest BCUT2D eigenvalue weighted by atomic mass is 10.0. The van der Waals surface area contributed by atoms with Crippen molar-refractivity contribution in [2.45, 2.75) is 168 Å². The Balaban J connectivity index is 0.922. The van der Waals surface area contributed by atoms with Gasteiger partial charge >= 0.3 is 0 Å². The van der Waals surface area contributed by atoms with Gasteiger partial charge in [0.15, 0.2) is 0 Å².